The van der Waals surface area contributed by atoms with Crippen molar-refractivity contribution in [2.75, 3.05) is 0 Å². The van der Waals surface area contributed by atoms with E-state index in [0.29, 0.717) is 6.42 Å². The molecule has 1 rings (SSSR count). The molecule has 20 heavy (non-hydrogen) atoms. The molecule has 1 amide bonds. The van der Waals surface area contributed by atoms with Gasteiger partial charge in [-0.05, 0) is 25.8 Å². The number of carboxylic acids is 1. The van der Waals surface area contributed by atoms with E-state index in [1.807, 2.05) is 30.3 Å². The van der Waals surface area contributed by atoms with Crippen LogP contribution in [0.4, 0.5) is 0 Å². The third kappa shape index (κ3) is 4.56. The Morgan fingerprint density at radius 1 is 1.35 bits per heavy atom. The van der Waals surface area contributed by atoms with Crippen LogP contribution >= 0.6 is 11.8 Å². The molecule has 2 unspecified atom stereocenters. The molecule has 0 aliphatic rings. The molecule has 1 aromatic carbocycles. The van der Waals surface area contributed by atoms with E-state index in [9.17, 15) is 9.59 Å². The van der Waals surface area contributed by atoms with Crippen LogP contribution in [-0.2, 0) is 15.3 Å². The van der Waals surface area contributed by atoms with E-state index in [0.717, 1.165) is 11.3 Å². The van der Waals surface area contributed by atoms with Crippen molar-refractivity contribution in [2.45, 2.75) is 43.7 Å². The van der Waals surface area contributed by atoms with Gasteiger partial charge in [0.1, 0.15) is 5.54 Å². The van der Waals surface area contributed by atoms with E-state index in [1.54, 1.807) is 13.8 Å². The molecule has 0 saturated heterocycles. The van der Waals surface area contributed by atoms with Crippen LogP contribution in [0.15, 0.2) is 30.3 Å². The van der Waals surface area contributed by atoms with Crippen LogP contribution in [-0.4, -0.2) is 27.8 Å². The first-order valence-corrected chi connectivity index (χ1v) is 7.65. The highest BCUT2D eigenvalue weighted by molar-refractivity contribution is 7.99. The Bertz CT molecular complexity index is 463. The normalized spacial score (nSPS) is 15.2. The number of carbonyl (C=O) groups is 2. The molecule has 0 fully saturated rings. The Morgan fingerprint density at radius 3 is 2.45 bits per heavy atom. The number of carboxylic acid groups (broad SMARTS) is 1. The molecule has 2 N–H and O–H groups in total. The predicted octanol–water partition coefficient (Wildman–Crippen LogP) is 2.68. The molecule has 0 aromatic heterocycles. The third-order valence-electron chi connectivity index (χ3n) is 3.29. The van der Waals surface area contributed by atoms with Gasteiger partial charge in [0, 0.05) is 5.75 Å². The Balaban J connectivity index is 2.53. The average Bonchev–Trinajstić information content (AvgIpc) is 2.45. The average molecular weight is 295 g/mol. The van der Waals surface area contributed by atoms with Crippen LogP contribution in [0.25, 0.3) is 0 Å². The smallest absolute Gasteiger partial charge is 0.329 e. The fraction of sp³-hybridized carbons (Fsp3) is 0.467. The number of carbonyl (C=O) groups excluding carboxylic acids is 1. The Kier molecular flexibility index (Phi) is 6.07. The van der Waals surface area contributed by atoms with E-state index in [2.05, 4.69) is 5.32 Å². The molecule has 0 aliphatic heterocycles. The number of nitrogens with one attached hydrogen (secondary N) is 1. The summed E-state index contributed by atoms with van der Waals surface area (Å²) in [6.07, 6.45) is 0.351. The maximum absolute atomic E-state index is 12.0. The van der Waals surface area contributed by atoms with Gasteiger partial charge in [-0.15, -0.1) is 11.8 Å². The standard InChI is InChI=1S/C15H21NO3S/c1-4-15(3,14(18)19)16-13(17)11(2)20-10-12-8-6-5-7-9-12/h5-9,11H,4,10H2,1-3H3,(H,16,17)(H,18,19). The number of hydrogen-bond acceptors (Lipinski definition) is 3. The van der Waals surface area contributed by atoms with Crippen molar-refractivity contribution in [1.29, 1.82) is 0 Å². The van der Waals surface area contributed by atoms with Crippen molar-refractivity contribution < 1.29 is 14.7 Å². The molecule has 5 heteroatoms. The molecule has 2 atom stereocenters. The largest absolute Gasteiger partial charge is 0.480 e. The zero-order valence-corrected chi connectivity index (χ0v) is 12.9. The van der Waals surface area contributed by atoms with Gasteiger partial charge < -0.3 is 10.4 Å². The van der Waals surface area contributed by atoms with Crippen molar-refractivity contribution in [3.8, 4) is 0 Å². The second-order valence-electron chi connectivity index (χ2n) is 4.92. The third-order valence-corrected chi connectivity index (χ3v) is 4.50. The zero-order valence-electron chi connectivity index (χ0n) is 12.1. The van der Waals surface area contributed by atoms with Crippen molar-refractivity contribution >= 4 is 23.6 Å². The molecular weight excluding hydrogens is 274 g/mol. The highest BCUT2D eigenvalue weighted by atomic mass is 32.2. The summed E-state index contributed by atoms with van der Waals surface area (Å²) in [5.74, 6) is -0.517. The number of thioether (sulfide) groups is 1. The van der Waals surface area contributed by atoms with Gasteiger partial charge in [0.25, 0.3) is 0 Å². The predicted molar refractivity (Wildman–Crippen MR) is 81.7 cm³/mol. The minimum atomic E-state index is -1.20. The molecule has 4 nitrogen and oxygen atoms in total. The lowest BCUT2D eigenvalue weighted by molar-refractivity contribution is -0.146. The lowest BCUT2D eigenvalue weighted by Gasteiger charge is -2.26. The van der Waals surface area contributed by atoms with E-state index in [4.69, 9.17) is 5.11 Å². The van der Waals surface area contributed by atoms with Crippen LogP contribution < -0.4 is 5.32 Å². The van der Waals surface area contributed by atoms with Gasteiger partial charge in [-0.25, -0.2) is 4.79 Å². The van der Waals surface area contributed by atoms with Gasteiger partial charge in [0.05, 0.1) is 5.25 Å². The summed E-state index contributed by atoms with van der Waals surface area (Å²) in [6, 6.07) is 9.87. The number of aliphatic carboxylic acids is 1. The summed E-state index contributed by atoms with van der Waals surface area (Å²) in [6.45, 7) is 5.07. The number of benzene rings is 1. The van der Waals surface area contributed by atoms with Gasteiger partial charge in [0.2, 0.25) is 5.91 Å². The maximum atomic E-state index is 12.0. The highest BCUT2D eigenvalue weighted by Crippen LogP contribution is 2.19. The van der Waals surface area contributed by atoms with Crippen molar-refractivity contribution in [3.05, 3.63) is 35.9 Å². The first-order valence-electron chi connectivity index (χ1n) is 6.60. The van der Waals surface area contributed by atoms with E-state index < -0.39 is 11.5 Å². The van der Waals surface area contributed by atoms with Crippen molar-refractivity contribution in [3.63, 3.8) is 0 Å². The highest BCUT2D eigenvalue weighted by Gasteiger charge is 2.33. The monoisotopic (exact) mass is 295 g/mol. The van der Waals surface area contributed by atoms with E-state index >= 15 is 0 Å². The molecule has 1 aromatic rings. The molecule has 0 saturated carbocycles. The van der Waals surface area contributed by atoms with Crippen LogP contribution in [0.5, 0.6) is 0 Å². The van der Waals surface area contributed by atoms with Crippen LogP contribution in [0, 0.1) is 0 Å². The molecule has 0 radical (unpaired) electrons. The summed E-state index contributed by atoms with van der Waals surface area (Å²) in [7, 11) is 0. The summed E-state index contributed by atoms with van der Waals surface area (Å²) < 4.78 is 0. The number of rotatable bonds is 7. The van der Waals surface area contributed by atoms with Gasteiger partial charge in [0.15, 0.2) is 0 Å². The van der Waals surface area contributed by atoms with Gasteiger partial charge in [-0.2, -0.15) is 0 Å². The SMILES string of the molecule is CCC(C)(NC(=O)C(C)SCc1ccccc1)C(=O)O. The summed E-state index contributed by atoms with van der Waals surface area (Å²) in [4.78, 5) is 23.2. The minimum absolute atomic E-state index is 0.238. The van der Waals surface area contributed by atoms with Gasteiger partial charge in [-0.1, -0.05) is 37.3 Å². The first kappa shape index (κ1) is 16.6. The van der Waals surface area contributed by atoms with E-state index in [1.165, 1.54) is 18.7 Å². The second-order valence-corrected chi connectivity index (χ2v) is 6.25. The Labute approximate surface area is 124 Å². The lowest BCUT2D eigenvalue weighted by atomic mass is 9.99. The van der Waals surface area contributed by atoms with Gasteiger partial charge in [-0.3, -0.25) is 4.79 Å². The van der Waals surface area contributed by atoms with Crippen molar-refractivity contribution in [2.24, 2.45) is 0 Å². The Morgan fingerprint density at radius 2 is 1.95 bits per heavy atom. The lowest BCUT2D eigenvalue weighted by Crippen LogP contribution is -2.53. The fourth-order valence-electron chi connectivity index (χ4n) is 1.54. The summed E-state index contributed by atoms with van der Waals surface area (Å²) in [5.41, 5.74) is -0.0489. The molecule has 0 aliphatic carbocycles. The van der Waals surface area contributed by atoms with Gasteiger partial charge >= 0.3 is 5.97 Å². The van der Waals surface area contributed by atoms with Crippen LogP contribution in [0.1, 0.15) is 32.8 Å². The van der Waals surface area contributed by atoms with Crippen LogP contribution in [0.2, 0.25) is 0 Å². The Hall–Kier alpha value is -1.49. The molecule has 0 spiro atoms. The molecule has 0 heterocycles. The topological polar surface area (TPSA) is 66.4 Å². The molecule has 0 bridgehead atoms. The molecule has 110 valence electrons. The maximum Gasteiger partial charge on any atom is 0.329 e. The first-order chi connectivity index (χ1) is 9.39. The number of hydrogen-bond donors (Lipinski definition) is 2. The zero-order chi connectivity index (χ0) is 15.2. The molecular formula is C15H21NO3S. The summed E-state index contributed by atoms with van der Waals surface area (Å²) >= 11 is 1.50. The van der Waals surface area contributed by atoms with Crippen LogP contribution in [0.3, 0.4) is 0 Å². The number of amides is 1. The van der Waals surface area contributed by atoms with E-state index in [-0.39, 0.29) is 11.2 Å². The quantitative estimate of drug-likeness (QED) is 0.811. The second kappa shape index (κ2) is 7.33. The summed E-state index contributed by atoms with van der Waals surface area (Å²) in [5, 5.41) is 11.5. The minimum Gasteiger partial charge on any atom is -0.480 e. The van der Waals surface area contributed by atoms with Crippen molar-refractivity contribution in [1.82, 2.24) is 5.32 Å². The fourth-order valence-corrected chi connectivity index (χ4v) is 2.38.